The maximum atomic E-state index is 6.42. The summed E-state index contributed by atoms with van der Waals surface area (Å²) < 4.78 is 6.03. The summed E-state index contributed by atoms with van der Waals surface area (Å²) in [5.41, 5.74) is 6.50. The van der Waals surface area contributed by atoms with Crippen molar-refractivity contribution in [1.82, 2.24) is 0 Å². The molecule has 2 heteroatoms. The fourth-order valence-electron chi connectivity index (χ4n) is 2.77. The molecule has 15 heavy (non-hydrogen) atoms. The third-order valence-electron chi connectivity index (χ3n) is 3.63. The Labute approximate surface area is 94.6 Å². The second kappa shape index (κ2) is 4.84. The highest BCUT2D eigenvalue weighted by atomic mass is 16.5. The van der Waals surface area contributed by atoms with Crippen LogP contribution in [0.25, 0.3) is 0 Å². The maximum Gasteiger partial charge on any atom is 0.0837 e. The zero-order valence-corrected chi connectivity index (χ0v) is 10.8. The van der Waals surface area contributed by atoms with E-state index in [2.05, 4.69) is 27.7 Å². The summed E-state index contributed by atoms with van der Waals surface area (Å²) in [4.78, 5) is 0. The van der Waals surface area contributed by atoms with Crippen LogP contribution in [-0.4, -0.2) is 18.2 Å². The van der Waals surface area contributed by atoms with Crippen molar-refractivity contribution >= 4 is 0 Å². The molecule has 90 valence electrons. The lowest BCUT2D eigenvalue weighted by Gasteiger charge is -2.47. The molecule has 0 heterocycles. The molecular weight excluding hydrogens is 186 g/mol. The average molecular weight is 213 g/mol. The van der Waals surface area contributed by atoms with Crippen molar-refractivity contribution in [2.75, 3.05) is 6.61 Å². The van der Waals surface area contributed by atoms with Gasteiger partial charge in [0.25, 0.3) is 0 Å². The van der Waals surface area contributed by atoms with Crippen LogP contribution in [0.2, 0.25) is 0 Å². The van der Waals surface area contributed by atoms with Gasteiger partial charge in [-0.1, -0.05) is 40.0 Å². The highest BCUT2D eigenvalue weighted by Crippen LogP contribution is 2.39. The van der Waals surface area contributed by atoms with Crippen LogP contribution in [0.3, 0.4) is 0 Å². The summed E-state index contributed by atoms with van der Waals surface area (Å²) >= 11 is 0. The van der Waals surface area contributed by atoms with Gasteiger partial charge < -0.3 is 10.5 Å². The van der Waals surface area contributed by atoms with Gasteiger partial charge in [0.15, 0.2) is 0 Å². The number of hydrogen-bond donors (Lipinski definition) is 1. The van der Waals surface area contributed by atoms with Crippen LogP contribution in [0.1, 0.15) is 59.8 Å². The smallest absolute Gasteiger partial charge is 0.0837 e. The van der Waals surface area contributed by atoms with Gasteiger partial charge in [0, 0.05) is 12.6 Å². The Hall–Kier alpha value is -0.0800. The summed E-state index contributed by atoms with van der Waals surface area (Å²) in [7, 11) is 0. The molecule has 0 spiro atoms. The van der Waals surface area contributed by atoms with Crippen molar-refractivity contribution in [3.05, 3.63) is 0 Å². The van der Waals surface area contributed by atoms with E-state index in [-0.39, 0.29) is 17.1 Å². The molecule has 2 N–H and O–H groups in total. The summed E-state index contributed by atoms with van der Waals surface area (Å²) in [5.74, 6) is 0. The quantitative estimate of drug-likeness (QED) is 0.782. The van der Waals surface area contributed by atoms with Crippen LogP contribution in [-0.2, 0) is 4.74 Å². The van der Waals surface area contributed by atoms with Crippen molar-refractivity contribution in [3.8, 4) is 0 Å². The molecule has 0 amide bonds. The van der Waals surface area contributed by atoms with Crippen LogP contribution in [0.5, 0.6) is 0 Å². The fraction of sp³-hybridized carbons (Fsp3) is 1.00. The van der Waals surface area contributed by atoms with E-state index < -0.39 is 0 Å². The molecule has 0 bridgehead atoms. The van der Waals surface area contributed by atoms with E-state index in [1.165, 1.54) is 19.3 Å². The first-order chi connectivity index (χ1) is 6.92. The zero-order valence-electron chi connectivity index (χ0n) is 10.8. The SMILES string of the molecule is CCOC1(C(N)C(C)(C)C)CCCCC1. The van der Waals surface area contributed by atoms with Crippen molar-refractivity contribution in [1.29, 1.82) is 0 Å². The van der Waals surface area contributed by atoms with E-state index >= 15 is 0 Å². The number of rotatable bonds is 3. The predicted octanol–water partition coefficient (Wildman–Crippen LogP) is 3.10. The van der Waals surface area contributed by atoms with Gasteiger partial charge in [0.1, 0.15) is 0 Å². The van der Waals surface area contributed by atoms with E-state index in [0.717, 1.165) is 19.4 Å². The molecule has 1 aliphatic rings. The van der Waals surface area contributed by atoms with Crippen LogP contribution in [0.15, 0.2) is 0 Å². The minimum Gasteiger partial charge on any atom is -0.374 e. The molecule has 0 aromatic rings. The second-order valence-corrected chi connectivity index (χ2v) is 5.90. The Kier molecular flexibility index (Phi) is 4.19. The Morgan fingerprint density at radius 3 is 2.13 bits per heavy atom. The van der Waals surface area contributed by atoms with Crippen LogP contribution in [0, 0.1) is 5.41 Å². The van der Waals surface area contributed by atoms with Gasteiger partial charge >= 0.3 is 0 Å². The summed E-state index contributed by atoms with van der Waals surface area (Å²) in [5, 5.41) is 0. The van der Waals surface area contributed by atoms with E-state index in [0.29, 0.717) is 0 Å². The minimum atomic E-state index is -0.0503. The van der Waals surface area contributed by atoms with Gasteiger partial charge in [-0.05, 0) is 25.2 Å². The van der Waals surface area contributed by atoms with Gasteiger partial charge in [-0.15, -0.1) is 0 Å². The molecule has 0 aliphatic heterocycles. The van der Waals surface area contributed by atoms with Gasteiger partial charge in [0.2, 0.25) is 0 Å². The van der Waals surface area contributed by atoms with Gasteiger partial charge in [0.05, 0.1) is 5.60 Å². The summed E-state index contributed by atoms with van der Waals surface area (Å²) in [6.45, 7) is 9.50. The molecule has 1 aliphatic carbocycles. The first-order valence-electron chi connectivity index (χ1n) is 6.32. The molecule has 1 atom stereocenters. The van der Waals surface area contributed by atoms with Crippen LogP contribution < -0.4 is 5.73 Å². The first-order valence-corrected chi connectivity index (χ1v) is 6.32. The largest absolute Gasteiger partial charge is 0.374 e. The van der Waals surface area contributed by atoms with E-state index in [9.17, 15) is 0 Å². The Bertz CT molecular complexity index is 184. The standard InChI is InChI=1S/C13H27NO/c1-5-15-13(9-7-6-8-10-13)11(14)12(2,3)4/h11H,5-10,14H2,1-4H3. The van der Waals surface area contributed by atoms with Gasteiger partial charge in [-0.25, -0.2) is 0 Å². The highest BCUT2D eigenvalue weighted by Gasteiger charge is 2.43. The molecule has 0 aromatic heterocycles. The Morgan fingerprint density at radius 1 is 1.20 bits per heavy atom. The average Bonchev–Trinajstić information content (AvgIpc) is 2.17. The minimum absolute atomic E-state index is 0.0503. The van der Waals surface area contributed by atoms with Crippen LogP contribution in [0.4, 0.5) is 0 Å². The molecule has 0 aromatic carbocycles. The monoisotopic (exact) mass is 213 g/mol. The van der Waals surface area contributed by atoms with Gasteiger partial charge in [-0.3, -0.25) is 0 Å². The summed E-state index contributed by atoms with van der Waals surface area (Å²) in [6.07, 6.45) is 6.15. The zero-order chi connectivity index (χ0) is 11.5. The normalized spacial score (nSPS) is 23.8. The van der Waals surface area contributed by atoms with E-state index in [1.807, 2.05) is 0 Å². The molecule has 0 radical (unpaired) electrons. The Morgan fingerprint density at radius 2 is 1.73 bits per heavy atom. The van der Waals surface area contributed by atoms with E-state index in [1.54, 1.807) is 0 Å². The lowest BCUT2D eigenvalue weighted by Crippen LogP contribution is -2.57. The lowest BCUT2D eigenvalue weighted by atomic mass is 9.70. The molecule has 0 saturated heterocycles. The maximum absolute atomic E-state index is 6.42. The third-order valence-corrected chi connectivity index (χ3v) is 3.63. The third kappa shape index (κ3) is 2.94. The lowest BCUT2D eigenvalue weighted by molar-refractivity contribution is -0.103. The van der Waals surface area contributed by atoms with Crippen molar-refractivity contribution in [2.24, 2.45) is 11.1 Å². The number of nitrogens with two attached hydrogens (primary N) is 1. The Balaban J connectivity index is 2.79. The van der Waals surface area contributed by atoms with Crippen molar-refractivity contribution in [2.45, 2.75) is 71.4 Å². The molecule has 1 rings (SSSR count). The van der Waals surface area contributed by atoms with Crippen molar-refractivity contribution < 1.29 is 4.74 Å². The fourth-order valence-corrected chi connectivity index (χ4v) is 2.77. The predicted molar refractivity (Wildman–Crippen MR) is 64.9 cm³/mol. The van der Waals surface area contributed by atoms with Crippen LogP contribution >= 0.6 is 0 Å². The topological polar surface area (TPSA) is 35.2 Å². The number of hydrogen-bond acceptors (Lipinski definition) is 2. The molecule has 1 fully saturated rings. The molecular formula is C13H27NO. The highest BCUT2D eigenvalue weighted by molar-refractivity contribution is 4.99. The summed E-state index contributed by atoms with van der Waals surface area (Å²) in [6, 6.07) is 0.144. The van der Waals surface area contributed by atoms with Gasteiger partial charge in [-0.2, -0.15) is 0 Å². The number of ether oxygens (including phenoxy) is 1. The first kappa shape index (κ1) is 13.0. The molecule has 1 unspecified atom stereocenters. The van der Waals surface area contributed by atoms with E-state index in [4.69, 9.17) is 10.5 Å². The molecule has 1 saturated carbocycles. The second-order valence-electron chi connectivity index (χ2n) is 5.90. The van der Waals surface area contributed by atoms with Crippen molar-refractivity contribution in [3.63, 3.8) is 0 Å². The molecule has 2 nitrogen and oxygen atoms in total.